The largest absolute Gasteiger partial charge is 0.306 e. The third kappa shape index (κ3) is 5.35. The van der Waals surface area contributed by atoms with Crippen LogP contribution >= 0.6 is 11.3 Å². The quantitative estimate of drug-likeness (QED) is 0.202. The van der Waals surface area contributed by atoms with E-state index in [2.05, 4.69) is 34.1 Å². The van der Waals surface area contributed by atoms with E-state index in [4.69, 9.17) is 9.97 Å². The van der Waals surface area contributed by atoms with Gasteiger partial charge in [-0.05, 0) is 19.1 Å². The van der Waals surface area contributed by atoms with Crippen LogP contribution in [0.3, 0.4) is 0 Å². The monoisotopic (exact) mass is 588 g/mol. The lowest BCUT2D eigenvalue weighted by Gasteiger charge is -2.14. The van der Waals surface area contributed by atoms with Gasteiger partial charge in [-0.1, -0.05) is 150 Å². The molecule has 212 valence electrons. The number of anilines is 1. The Morgan fingerprint density at radius 1 is 0.591 bits per heavy atom. The first kappa shape index (κ1) is 27.3. The maximum Gasteiger partial charge on any atom is 0.256 e. The highest BCUT2D eigenvalue weighted by atomic mass is 32.1. The summed E-state index contributed by atoms with van der Waals surface area (Å²) in [6, 6.07) is 48.0. The molecule has 5 aromatic carbocycles. The molecule has 0 fully saturated rings. The second kappa shape index (κ2) is 12.0. The molecule has 1 N–H and O–H groups in total. The minimum atomic E-state index is -0.211. The number of amides is 1. The van der Waals surface area contributed by atoms with Crippen molar-refractivity contribution in [3.8, 4) is 49.5 Å². The van der Waals surface area contributed by atoms with Gasteiger partial charge in [-0.25, -0.2) is 9.97 Å². The summed E-state index contributed by atoms with van der Waals surface area (Å²) >= 11 is 1.58. The predicted molar refractivity (Wildman–Crippen MR) is 180 cm³/mol. The molecule has 0 radical (unpaired) electrons. The van der Waals surface area contributed by atoms with E-state index in [1.165, 1.54) is 0 Å². The van der Waals surface area contributed by atoms with Crippen LogP contribution in [0.4, 0.5) is 5.82 Å². The highest BCUT2D eigenvalue weighted by molar-refractivity contribution is 7.18. The first-order valence-electron chi connectivity index (χ1n) is 14.4. The summed E-state index contributed by atoms with van der Waals surface area (Å²) in [6.07, 6.45) is 0. The molecule has 7 aromatic rings. The first-order valence-corrected chi connectivity index (χ1v) is 15.2. The second-order valence-electron chi connectivity index (χ2n) is 10.4. The Morgan fingerprint density at radius 2 is 1.09 bits per heavy atom. The molecule has 0 atom stereocenters. The highest BCUT2D eigenvalue weighted by Crippen LogP contribution is 2.43. The van der Waals surface area contributed by atoms with Crippen molar-refractivity contribution < 1.29 is 4.79 Å². The van der Waals surface area contributed by atoms with Crippen molar-refractivity contribution in [2.24, 2.45) is 0 Å². The lowest BCUT2D eigenvalue weighted by atomic mass is 10.1. The highest BCUT2D eigenvalue weighted by Gasteiger charge is 2.27. The number of imidazole rings is 1. The Balaban J connectivity index is 1.53. The molecule has 1 amide bonds. The van der Waals surface area contributed by atoms with Crippen LogP contribution < -0.4 is 5.32 Å². The van der Waals surface area contributed by atoms with E-state index < -0.39 is 0 Å². The molecule has 2 heterocycles. The number of hydrogen-bond donors (Lipinski definition) is 1. The Morgan fingerprint density at radius 3 is 1.66 bits per heavy atom. The van der Waals surface area contributed by atoms with Crippen LogP contribution in [0, 0.1) is 6.92 Å². The summed E-state index contributed by atoms with van der Waals surface area (Å²) in [5.41, 5.74) is 6.98. The number of benzene rings is 5. The standard InChI is InChI=1S/C38H28N4OS/c1-26-22-24-30(25-23-26)36(43)41-35-32(27-14-6-2-7-15-27)39-34(29-18-10-4-11-19-29)42(35)38-33(28-16-8-3-9-17-28)40-37(44-38)31-20-12-5-13-21-31/h2-25H,1H3,(H,41,43). The van der Waals surface area contributed by atoms with Gasteiger partial charge in [0.05, 0.1) is 0 Å². The van der Waals surface area contributed by atoms with E-state index >= 15 is 0 Å². The summed E-state index contributed by atoms with van der Waals surface area (Å²) in [7, 11) is 0. The van der Waals surface area contributed by atoms with Crippen molar-refractivity contribution in [1.29, 1.82) is 0 Å². The molecule has 5 nitrogen and oxygen atoms in total. The van der Waals surface area contributed by atoms with Crippen LogP contribution in [0.25, 0.3) is 49.5 Å². The number of thiazole rings is 1. The molecule has 0 aliphatic carbocycles. The number of aryl methyl sites for hydroxylation is 1. The van der Waals surface area contributed by atoms with E-state index in [1.54, 1.807) is 11.3 Å². The van der Waals surface area contributed by atoms with E-state index in [1.807, 2.05) is 128 Å². The van der Waals surface area contributed by atoms with Crippen LogP contribution in [0.15, 0.2) is 146 Å². The van der Waals surface area contributed by atoms with Gasteiger partial charge in [-0.2, -0.15) is 0 Å². The van der Waals surface area contributed by atoms with Gasteiger partial charge >= 0.3 is 0 Å². The molecule has 2 aromatic heterocycles. The van der Waals surface area contributed by atoms with Gasteiger partial charge in [0, 0.05) is 27.8 Å². The smallest absolute Gasteiger partial charge is 0.256 e. The zero-order chi connectivity index (χ0) is 29.9. The summed E-state index contributed by atoms with van der Waals surface area (Å²) in [6.45, 7) is 2.01. The first-order chi connectivity index (χ1) is 21.7. The van der Waals surface area contributed by atoms with Crippen molar-refractivity contribution in [2.75, 3.05) is 5.32 Å². The lowest BCUT2D eigenvalue weighted by Crippen LogP contribution is -2.15. The van der Waals surface area contributed by atoms with Crippen LogP contribution in [0.2, 0.25) is 0 Å². The van der Waals surface area contributed by atoms with Gasteiger partial charge in [-0.3, -0.25) is 9.36 Å². The zero-order valence-corrected chi connectivity index (χ0v) is 24.8. The van der Waals surface area contributed by atoms with E-state index in [9.17, 15) is 4.79 Å². The van der Waals surface area contributed by atoms with Crippen LogP contribution in [0.5, 0.6) is 0 Å². The summed E-state index contributed by atoms with van der Waals surface area (Å²) in [4.78, 5) is 24.3. The number of nitrogens with zero attached hydrogens (tertiary/aromatic N) is 3. The molecular weight excluding hydrogens is 561 g/mol. The summed E-state index contributed by atoms with van der Waals surface area (Å²) in [5, 5.41) is 5.01. The zero-order valence-electron chi connectivity index (χ0n) is 24.0. The molecular formula is C38H28N4OS. The number of carbonyl (C=O) groups is 1. The molecule has 0 aliphatic rings. The van der Waals surface area contributed by atoms with Crippen molar-refractivity contribution >= 4 is 23.1 Å². The minimum absolute atomic E-state index is 0.211. The maximum absolute atomic E-state index is 13.9. The molecule has 0 bridgehead atoms. The van der Waals surface area contributed by atoms with Crippen molar-refractivity contribution in [3.63, 3.8) is 0 Å². The SMILES string of the molecule is Cc1ccc(C(=O)Nc2c(-c3ccccc3)nc(-c3ccccc3)n2-c2sc(-c3ccccc3)nc2-c2ccccc2)cc1. The summed E-state index contributed by atoms with van der Waals surface area (Å²) in [5.74, 6) is 1.09. The topological polar surface area (TPSA) is 59.8 Å². The van der Waals surface area contributed by atoms with Crippen LogP contribution in [0.1, 0.15) is 15.9 Å². The average Bonchev–Trinajstić information content (AvgIpc) is 3.69. The number of rotatable bonds is 7. The van der Waals surface area contributed by atoms with Crippen LogP contribution in [-0.2, 0) is 0 Å². The van der Waals surface area contributed by atoms with Crippen LogP contribution in [-0.4, -0.2) is 20.4 Å². The third-order valence-electron chi connectivity index (χ3n) is 7.38. The Bertz CT molecular complexity index is 2030. The Labute approximate surface area is 260 Å². The number of nitrogens with one attached hydrogen (secondary N) is 1. The summed E-state index contributed by atoms with van der Waals surface area (Å²) < 4.78 is 2.07. The van der Waals surface area contributed by atoms with Gasteiger partial charge < -0.3 is 5.32 Å². The fraction of sp³-hybridized carbons (Fsp3) is 0.0263. The van der Waals surface area contributed by atoms with Gasteiger partial charge in [0.1, 0.15) is 33.0 Å². The second-order valence-corrected chi connectivity index (χ2v) is 11.4. The van der Waals surface area contributed by atoms with E-state index in [-0.39, 0.29) is 5.91 Å². The van der Waals surface area contributed by atoms with Crippen molar-refractivity contribution in [3.05, 3.63) is 157 Å². The van der Waals surface area contributed by atoms with Crippen molar-refractivity contribution in [2.45, 2.75) is 6.92 Å². The number of hydrogen-bond acceptors (Lipinski definition) is 4. The lowest BCUT2D eigenvalue weighted by molar-refractivity contribution is 0.102. The third-order valence-corrected chi connectivity index (χ3v) is 8.47. The molecule has 44 heavy (non-hydrogen) atoms. The molecule has 0 spiro atoms. The van der Waals surface area contributed by atoms with Crippen molar-refractivity contribution in [1.82, 2.24) is 14.5 Å². The Hall–Kier alpha value is -5.59. The van der Waals surface area contributed by atoms with Gasteiger partial charge in [0.2, 0.25) is 0 Å². The molecule has 0 aliphatic heterocycles. The molecule has 0 unspecified atom stereocenters. The Kier molecular flexibility index (Phi) is 7.41. The molecule has 6 heteroatoms. The molecule has 0 saturated carbocycles. The van der Waals surface area contributed by atoms with E-state index in [0.29, 0.717) is 22.9 Å². The molecule has 0 saturated heterocycles. The molecule has 7 rings (SSSR count). The van der Waals surface area contributed by atoms with Gasteiger partial charge in [0.15, 0.2) is 0 Å². The van der Waals surface area contributed by atoms with Gasteiger partial charge in [-0.15, -0.1) is 0 Å². The number of carbonyl (C=O) groups excluding carboxylic acids is 1. The van der Waals surface area contributed by atoms with E-state index in [0.717, 1.165) is 43.5 Å². The number of aromatic nitrogens is 3. The minimum Gasteiger partial charge on any atom is -0.306 e. The van der Waals surface area contributed by atoms with Gasteiger partial charge in [0.25, 0.3) is 5.91 Å². The predicted octanol–water partition coefficient (Wildman–Crippen LogP) is 9.56. The fourth-order valence-corrected chi connectivity index (χ4v) is 6.25. The average molecular weight is 589 g/mol. The fourth-order valence-electron chi connectivity index (χ4n) is 5.15. The normalized spacial score (nSPS) is 10.9. The maximum atomic E-state index is 13.9.